The highest BCUT2D eigenvalue weighted by Gasteiger charge is 2.41. The van der Waals surface area contributed by atoms with Crippen molar-refractivity contribution in [2.75, 3.05) is 32.7 Å². The van der Waals surface area contributed by atoms with Crippen LogP contribution in [0.3, 0.4) is 0 Å². The van der Waals surface area contributed by atoms with E-state index in [-0.39, 0.29) is 11.9 Å². The maximum absolute atomic E-state index is 13.0. The van der Waals surface area contributed by atoms with Gasteiger partial charge in [0.1, 0.15) is 0 Å². The molecule has 2 N–H and O–H groups in total. The molecule has 2 aromatic carbocycles. The van der Waals surface area contributed by atoms with Crippen molar-refractivity contribution >= 4 is 12.0 Å². The highest BCUT2D eigenvalue weighted by molar-refractivity contribution is 5.94. The van der Waals surface area contributed by atoms with E-state index in [1.165, 1.54) is 0 Å². The van der Waals surface area contributed by atoms with Gasteiger partial charge in [-0.3, -0.25) is 4.79 Å². The number of carbonyl (C=O) groups is 2. The Morgan fingerprint density at radius 1 is 1.00 bits per heavy atom. The van der Waals surface area contributed by atoms with E-state index in [9.17, 15) is 14.7 Å². The van der Waals surface area contributed by atoms with E-state index in [1.807, 2.05) is 61.2 Å². The van der Waals surface area contributed by atoms with Gasteiger partial charge in [-0.25, -0.2) is 4.79 Å². The Hall–Kier alpha value is -2.86. The molecule has 31 heavy (non-hydrogen) atoms. The molecule has 0 aromatic heterocycles. The van der Waals surface area contributed by atoms with Crippen LogP contribution in [-0.2, 0) is 0 Å². The first kappa shape index (κ1) is 21.4. The zero-order valence-electron chi connectivity index (χ0n) is 18.3. The molecule has 164 valence electrons. The summed E-state index contributed by atoms with van der Waals surface area (Å²) in [6.45, 7) is 8.46. The lowest BCUT2D eigenvalue weighted by Gasteiger charge is -2.24. The van der Waals surface area contributed by atoms with Crippen LogP contribution in [0.15, 0.2) is 48.5 Å². The van der Waals surface area contributed by atoms with Crippen LogP contribution in [-0.4, -0.2) is 59.6 Å². The number of fused-ring (bicyclic) bond motifs is 1. The molecule has 2 fully saturated rings. The highest BCUT2D eigenvalue weighted by atomic mass is 16.4. The van der Waals surface area contributed by atoms with Crippen molar-refractivity contribution < 1.29 is 14.7 Å². The number of hydrogen-bond donors (Lipinski definition) is 2. The van der Waals surface area contributed by atoms with Crippen LogP contribution in [0.1, 0.15) is 39.5 Å². The lowest BCUT2D eigenvalue weighted by molar-refractivity contribution is 0.0773. The van der Waals surface area contributed by atoms with Crippen LogP contribution in [0.2, 0.25) is 0 Å². The number of carbonyl (C=O) groups excluding carboxylic acids is 1. The third-order valence-corrected chi connectivity index (χ3v) is 6.55. The van der Waals surface area contributed by atoms with Gasteiger partial charge >= 0.3 is 6.09 Å². The first-order valence-corrected chi connectivity index (χ1v) is 11.0. The Bertz CT molecular complexity index is 912. The molecule has 6 heteroatoms. The third-order valence-electron chi connectivity index (χ3n) is 6.55. The zero-order valence-corrected chi connectivity index (χ0v) is 18.3. The summed E-state index contributed by atoms with van der Waals surface area (Å²) in [4.78, 5) is 28.7. The largest absolute Gasteiger partial charge is 0.465 e. The second-order valence-corrected chi connectivity index (χ2v) is 9.07. The van der Waals surface area contributed by atoms with Gasteiger partial charge in [-0.2, -0.15) is 0 Å². The van der Waals surface area contributed by atoms with Crippen LogP contribution in [0, 0.1) is 25.7 Å². The van der Waals surface area contributed by atoms with Gasteiger partial charge in [-0.05, 0) is 49.8 Å². The average molecular weight is 422 g/mol. The van der Waals surface area contributed by atoms with E-state index < -0.39 is 6.09 Å². The molecule has 2 aliphatic heterocycles. The van der Waals surface area contributed by atoms with Crippen LogP contribution in [0.4, 0.5) is 4.79 Å². The molecule has 6 nitrogen and oxygen atoms in total. The normalized spacial score (nSPS) is 21.7. The number of nitrogens with one attached hydrogen (secondary N) is 1. The van der Waals surface area contributed by atoms with Crippen molar-refractivity contribution in [3.8, 4) is 0 Å². The SMILES string of the molecule is Cc1cc(C)cc(C(=O)N2CC3CN(CCC(NC(=O)O)c4ccccc4)C[C@H]3C2)c1. The maximum Gasteiger partial charge on any atom is 0.405 e. The van der Waals surface area contributed by atoms with Gasteiger partial charge in [0.2, 0.25) is 0 Å². The molecule has 2 heterocycles. The molecule has 0 bridgehead atoms. The number of likely N-dealkylation sites (tertiary alicyclic amines) is 2. The summed E-state index contributed by atoms with van der Waals surface area (Å²) in [5, 5.41) is 11.9. The number of amides is 2. The summed E-state index contributed by atoms with van der Waals surface area (Å²) >= 11 is 0. The molecule has 3 atom stereocenters. The predicted molar refractivity (Wildman–Crippen MR) is 120 cm³/mol. The minimum absolute atomic E-state index is 0.141. The van der Waals surface area contributed by atoms with Gasteiger partial charge in [0.05, 0.1) is 6.04 Å². The van der Waals surface area contributed by atoms with Crippen molar-refractivity contribution in [1.29, 1.82) is 0 Å². The van der Waals surface area contributed by atoms with Gasteiger partial charge in [0.15, 0.2) is 0 Å². The molecular formula is C25H31N3O3. The van der Waals surface area contributed by atoms with Crippen molar-refractivity contribution in [2.45, 2.75) is 26.3 Å². The van der Waals surface area contributed by atoms with E-state index >= 15 is 0 Å². The molecule has 0 radical (unpaired) electrons. The molecule has 0 saturated carbocycles. The maximum atomic E-state index is 13.0. The Balaban J connectivity index is 1.32. The van der Waals surface area contributed by atoms with E-state index in [0.717, 1.165) is 61.4 Å². The van der Waals surface area contributed by atoms with E-state index in [2.05, 4.69) is 16.3 Å². The molecular weight excluding hydrogens is 390 g/mol. The van der Waals surface area contributed by atoms with Gasteiger partial charge in [-0.15, -0.1) is 0 Å². The van der Waals surface area contributed by atoms with E-state index in [4.69, 9.17) is 0 Å². The smallest absolute Gasteiger partial charge is 0.405 e. The molecule has 2 aromatic rings. The number of hydrogen-bond acceptors (Lipinski definition) is 3. The van der Waals surface area contributed by atoms with Crippen LogP contribution < -0.4 is 5.32 Å². The summed E-state index contributed by atoms with van der Waals surface area (Å²) in [7, 11) is 0. The second kappa shape index (κ2) is 9.10. The third kappa shape index (κ3) is 5.07. The molecule has 0 spiro atoms. The minimum Gasteiger partial charge on any atom is -0.465 e. The van der Waals surface area contributed by atoms with Crippen molar-refractivity contribution in [3.63, 3.8) is 0 Å². The fourth-order valence-corrected chi connectivity index (χ4v) is 5.19. The summed E-state index contributed by atoms with van der Waals surface area (Å²) in [6, 6.07) is 15.6. The Labute approximate surface area is 183 Å². The molecule has 2 aliphatic rings. The van der Waals surface area contributed by atoms with Crippen LogP contribution >= 0.6 is 0 Å². The molecule has 4 rings (SSSR count). The zero-order chi connectivity index (χ0) is 22.0. The molecule has 0 aliphatic carbocycles. The Kier molecular flexibility index (Phi) is 6.28. The lowest BCUT2D eigenvalue weighted by Crippen LogP contribution is -2.35. The number of rotatable bonds is 6. The Morgan fingerprint density at radius 2 is 1.61 bits per heavy atom. The molecule has 2 amide bonds. The minimum atomic E-state index is -0.993. The topological polar surface area (TPSA) is 72.9 Å². The van der Waals surface area contributed by atoms with Gasteiger partial charge in [0, 0.05) is 38.3 Å². The van der Waals surface area contributed by atoms with E-state index in [0.29, 0.717) is 11.8 Å². The van der Waals surface area contributed by atoms with Crippen molar-refractivity contribution in [3.05, 3.63) is 70.8 Å². The number of nitrogens with zero attached hydrogens (tertiary/aromatic N) is 2. The van der Waals surface area contributed by atoms with Crippen LogP contribution in [0.5, 0.6) is 0 Å². The summed E-state index contributed by atoms with van der Waals surface area (Å²) in [6.07, 6.45) is -0.256. The molecule has 2 saturated heterocycles. The quantitative estimate of drug-likeness (QED) is 0.746. The fourth-order valence-electron chi connectivity index (χ4n) is 5.19. The van der Waals surface area contributed by atoms with Crippen molar-refractivity contribution in [1.82, 2.24) is 15.1 Å². The van der Waals surface area contributed by atoms with Gasteiger partial charge in [0.25, 0.3) is 5.91 Å². The van der Waals surface area contributed by atoms with Gasteiger partial charge in [-0.1, -0.05) is 47.5 Å². The van der Waals surface area contributed by atoms with Crippen molar-refractivity contribution in [2.24, 2.45) is 11.8 Å². The second-order valence-electron chi connectivity index (χ2n) is 9.07. The summed E-state index contributed by atoms with van der Waals surface area (Å²) in [5.41, 5.74) is 4.03. The highest BCUT2D eigenvalue weighted by Crippen LogP contribution is 2.32. The predicted octanol–water partition coefficient (Wildman–Crippen LogP) is 3.71. The Morgan fingerprint density at radius 3 is 2.19 bits per heavy atom. The fraction of sp³-hybridized carbons (Fsp3) is 0.440. The first-order chi connectivity index (χ1) is 14.9. The number of aryl methyl sites for hydroxylation is 2. The average Bonchev–Trinajstić information content (AvgIpc) is 3.29. The van der Waals surface area contributed by atoms with Gasteiger partial charge < -0.3 is 20.2 Å². The summed E-state index contributed by atoms with van der Waals surface area (Å²) in [5.74, 6) is 1.14. The van der Waals surface area contributed by atoms with Crippen LogP contribution in [0.25, 0.3) is 0 Å². The molecule has 2 unspecified atom stereocenters. The number of carboxylic acid groups (broad SMARTS) is 1. The number of benzene rings is 2. The first-order valence-electron chi connectivity index (χ1n) is 11.0. The standard InChI is InChI=1S/C25H31N3O3/c1-17-10-18(2)12-20(11-17)24(29)28-15-21-13-27(14-22(21)16-28)9-8-23(26-25(30)31)19-6-4-3-5-7-19/h3-7,10-12,21-23,26H,8-9,13-16H2,1-2H3,(H,30,31)/t21-,22?,23?/m0/s1. The lowest BCUT2D eigenvalue weighted by atomic mass is 10.0. The van der Waals surface area contributed by atoms with E-state index in [1.54, 1.807) is 0 Å². The summed E-state index contributed by atoms with van der Waals surface area (Å²) < 4.78 is 0. The monoisotopic (exact) mass is 421 g/mol.